The van der Waals surface area contributed by atoms with Gasteiger partial charge in [0.15, 0.2) is 0 Å². The number of Topliss-reactive ketones (excluding diaryl/α,β-unsaturated/α-hetero) is 1. The van der Waals surface area contributed by atoms with E-state index < -0.39 is 0 Å². The normalized spacial score (nSPS) is 34.3. The monoisotopic (exact) mass is 184 g/mol. The molecule has 1 aliphatic carbocycles. The fourth-order valence-electron chi connectivity index (χ4n) is 1.94. The van der Waals surface area contributed by atoms with Gasteiger partial charge in [0.05, 0.1) is 18.8 Å². The van der Waals surface area contributed by atoms with E-state index in [-0.39, 0.29) is 12.2 Å². The summed E-state index contributed by atoms with van der Waals surface area (Å²) in [5.74, 6) is 0.345. The van der Waals surface area contributed by atoms with Crippen LogP contribution in [0.5, 0.6) is 0 Å². The highest BCUT2D eigenvalue weighted by Crippen LogP contribution is 2.20. The van der Waals surface area contributed by atoms with E-state index in [1.807, 2.05) is 0 Å². The van der Waals surface area contributed by atoms with E-state index in [1.165, 1.54) is 0 Å². The number of carbonyl (C=O) groups excluding carboxylic acids is 1. The molecule has 1 saturated carbocycles. The van der Waals surface area contributed by atoms with Gasteiger partial charge in [-0.1, -0.05) is 0 Å². The van der Waals surface area contributed by atoms with Crippen LogP contribution in [0.1, 0.15) is 32.1 Å². The molecule has 1 heterocycles. The van der Waals surface area contributed by atoms with Crippen molar-refractivity contribution in [1.29, 1.82) is 0 Å². The van der Waals surface area contributed by atoms with Crippen molar-refractivity contribution in [3.05, 3.63) is 0 Å². The first-order valence-electron chi connectivity index (χ1n) is 5.09. The Labute approximate surface area is 78.4 Å². The zero-order valence-corrected chi connectivity index (χ0v) is 7.83. The second-order valence-corrected chi connectivity index (χ2v) is 3.87. The van der Waals surface area contributed by atoms with E-state index >= 15 is 0 Å². The molecular formula is C10H16O3. The van der Waals surface area contributed by atoms with Gasteiger partial charge in [-0.15, -0.1) is 0 Å². The Kier molecular flexibility index (Phi) is 2.96. The number of hydrogen-bond acceptors (Lipinski definition) is 3. The maximum Gasteiger partial charge on any atom is 0.135 e. The van der Waals surface area contributed by atoms with E-state index in [0.29, 0.717) is 25.2 Å². The SMILES string of the molecule is O=C1CCC(OCC2CCCO2)C1. The largest absolute Gasteiger partial charge is 0.376 e. The first kappa shape index (κ1) is 9.16. The number of rotatable bonds is 3. The van der Waals surface area contributed by atoms with E-state index in [9.17, 15) is 4.79 Å². The fraction of sp³-hybridized carbons (Fsp3) is 0.900. The summed E-state index contributed by atoms with van der Waals surface area (Å²) in [6.45, 7) is 1.55. The van der Waals surface area contributed by atoms with Crippen LogP contribution in [0.2, 0.25) is 0 Å². The molecule has 1 saturated heterocycles. The minimum atomic E-state index is 0.178. The molecule has 3 nitrogen and oxygen atoms in total. The van der Waals surface area contributed by atoms with Gasteiger partial charge in [-0.2, -0.15) is 0 Å². The molecule has 2 unspecified atom stereocenters. The molecule has 0 amide bonds. The Balaban J connectivity index is 1.64. The summed E-state index contributed by atoms with van der Waals surface area (Å²) in [5.41, 5.74) is 0. The van der Waals surface area contributed by atoms with Crippen molar-refractivity contribution in [3.63, 3.8) is 0 Å². The zero-order chi connectivity index (χ0) is 9.10. The summed E-state index contributed by atoms with van der Waals surface area (Å²) in [6.07, 6.45) is 4.96. The van der Waals surface area contributed by atoms with Crippen molar-refractivity contribution in [2.75, 3.05) is 13.2 Å². The number of hydrogen-bond donors (Lipinski definition) is 0. The van der Waals surface area contributed by atoms with Gasteiger partial charge in [-0.25, -0.2) is 0 Å². The van der Waals surface area contributed by atoms with E-state index in [4.69, 9.17) is 9.47 Å². The third-order valence-electron chi connectivity index (χ3n) is 2.74. The molecule has 74 valence electrons. The summed E-state index contributed by atoms with van der Waals surface area (Å²) in [5, 5.41) is 0. The lowest BCUT2D eigenvalue weighted by Crippen LogP contribution is -2.19. The molecule has 0 bridgehead atoms. The number of ether oxygens (including phenoxy) is 2. The Morgan fingerprint density at radius 3 is 3.00 bits per heavy atom. The average Bonchev–Trinajstić information content (AvgIpc) is 2.71. The molecule has 13 heavy (non-hydrogen) atoms. The molecule has 0 aromatic rings. The summed E-state index contributed by atoms with van der Waals surface area (Å²) in [7, 11) is 0. The minimum Gasteiger partial charge on any atom is -0.376 e. The second kappa shape index (κ2) is 4.20. The van der Waals surface area contributed by atoms with Gasteiger partial charge in [-0.3, -0.25) is 4.79 Å². The summed E-state index contributed by atoms with van der Waals surface area (Å²) in [6, 6.07) is 0. The van der Waals surface area contributed by atoms with E-state index in [0.717, 1.165) is 25.9 Å². The highest BCUT2D eigenvalue weighted by molar-refractivity contribution is 5.81. The van der Waals surface area contributed by atoms with Crippen LogP contribution in [0.25, 0.3) is 0 Å². The molecule has 2 aliphatic rings. The lowest BCUT2D eigenvalue weighted by molar-refractivity contribution is -0.118. The molecule has 0 N–H and O–H groups in total. The third-order valence-corrected chi connectivity index (χ3v) is 2.74. The van der Waals surface area contributed by atoms with Crippen molar-refractivity contribution < 1.29 is 14.3 Å². The van der Waals surface area contributed by atoms with Crippen molar-refractivity contribution in [1.82, 2.24) is 0 Å². The fourth-order valence-corrected chi connectivity index (χ4v) is 1.94. The molecule has 0 aromatic heterocycles. The van der Waals surface area contributed by atoms with Crippen molar-refractivity contribution in [2.45, 2.75) is 44.3 Å². The van der Waals surface area contributed by atoms with Gasteiger partial charge < -0.3 is 9.47 Å². The molecule has 2 fully saturated rings. The highest BCUT2D eigenvalue weighted by atomic mass is 16.5. The predicted molar refractivity (Wildman–Crippen MR) is 47.6 cm³/mol. The lowest BCUT2D eigenvalue weighted by atomic mass is 10.2. The molecule has 1 aliphatic heterocycles. The number of carbonyl (C=O) groups is 1. The maximum absolute atomic E-state index is 10.9. The minimum absolute atomic E-state index is 0.178. The highest BCUT2D eigenvalue weighted by Gasteiger charge is 2.24. The van der Waals surface area contributed by atoms with Gasteiger partial charge in [0.2, 0.25) is 0 Å². The second-order valence-electron chi connectivity index (χ2n) is 3.87. The summed E-state index contributed by atoms with van der Waals surface area (Å²) >= 11 is 0. The molecule has 2 rings (SSSR count). The Morgan fingerprint density at radius 1 is 1.46 bits per heavy atom. The van der Waals surface area contributed by atoms with Gasteiger partial charge >= 0.3 is 0 Å². The van der Waals surface area contributed by atoms with E-state index in [2.05, 4.69) is 0 Å². The van der Waals surface area contributed by atoms with Gasteiger partial charge in [0.1, 0.15) is 5.78 Å². The summed E-state index contributed by atoms with van der Waals surface area (Å²) in [4.78, 5) is 10.9. The number of ketones is 1. The first-order valence-corrected chi connectivity index (χ1v) is 5.09. The van der Waals surface area contributed by atoms with Gasteiger partial charge in [-0.05, 0) is 19.3 Å². The third kappa shape index (κ3) is 2.51. The van der Waals surface area contributed by atoms with Gasteiger partial charge in [0.25, 0.3) is 0 Å². The van der Waals surface area contributed by atoms with E-state index in [1.54, 1.807) is 0 Å². The van der Waals surface area contributed by atoms with Crippen LogP contribution in [-0.4, -0.2) is 31.2 Å². The Hall–Kier alpha value is -0.410. The average molecular weight is 184 g/mol. The standard InChI is InChI=1S/C10H16O3/c11-8-3-4-9(6-8)13-7-10-2-1-5-12-10/h9-10H,1-7H2. The van der Waals surface area contributed by atoms with Crippen LogP contribution in [0.3, 0.4) is 0 Å². The molecule has 2 atom stereocenters. The zero-order valence-electron chi connectivity index (χ0n) is 7.83. The molecule has 0 aromatic carbocycles. The molecule has 3 heteroatoms. The topological polar surface area (TPSA) is 35.5 Å². The predicted octanol–water partition coefficient (Wildman–Crippen LogP) is 1.30. The first-order chi connectivity index (χ1) is 6.34. The maximum atomic E-state index is 10.9. The molecular weight excluding hydrogens is 168 g/mol. The Bertz CT molecular complexity index is 185. The lowest BCUT2D eigenvalue weighted by Gasteiger charge is -2.14. The Morgan fingerprint density at radius 2 is 2.38 bits per heavy atom. The van der Waals surface area contributed by atoms with Crippen LogP contribution < -0.4 is 0 Å². The van der Waals surface area contributed by atoms with Crippen LogP contribution in [0.4, 0.5) is 0 Å². The molecule has 0 radical (unpaired) electrons. The van der Waals surface area contributed by atoms with Crippen molar-refractivity contribution in [2.24, 2.45) is 0 Å². The van der Waals surface area contributed by atoms with Crippen LogP contribution >= 0.6 is 0 Å². The quantitative estimate of drug-likeness (QED) is 0.663. The summed E-state index contributed by atoms with van der Waals surface area (Å²) < 4.78 is 11.0. The molecule has 0 spiro atoms. The van der Waals surface area contributed by atoms with Crippen LogP contribution in [0.15, 0.2) is 0 Å². The van der Waals surface area contributed by atoms with Gasteiger partial charge in [0, 0.05) is 19.4 Å². The smallest absolute Gasteiger partial charge is 0.135 e. The van der Waals surface area contributed by atoms with Crippen molar-refractivity contribution >= 4 is 5.78 Å². The van der Waals surface area contributed by atoms with Crippen LogP contribution in [0, 0.1) is 0 Å². The van der Waals surface area contributed by atoms with Crippen LogP contribution in [-0.2, 0) is 14.3 Å². The van der Waals surface area contributed by atoms with Crippen molar-refractivity contribution in [3.8, 4) is 0 Å².